The van der Waals surface area contributed by atoms with Gasteiger partial charge in [-0.1, -0.05) is 18.2 Å². The van der Waals surface area contributed by atoms with Crippen molar-refractivity contribution in [3.63, 3.8) is 0 Å². The van der Waals surface area contributed by atoms with Gasteiger partial charge in [-0.2, -0.15) is 13.2 Å². The number of anilines is 1. The van der Waals surface area contributed by atoms with E-state index in [1.807, 2.05) is 0 Å². The monoisotopic (exact) mass is 377 g/mol. The Balaban J connectivity index is 1.99. The Bertz CT molecular complexity index is 948. The lowest BCUT2D eigenvalue weighted by atomic mass is 10.1. The summed E-state index contributed by atoms with van der Waals surface area (Å²) < 4.78 is 47.3. The van der Waals surface area contributed by atoms with Crippen LogP contribution >= 0.6 is 0 Å². The lowest BCUT2D eigenvalue weighted by Crippen LogP contribution is -2.29. The summed E-state index contributed by atoms with van der Waals surface area (Å²) in [6.07, 6.45) is -3.05. The van der Waals surface area contributed by atoms with Crippen LogP contribution in [0.5, 0.6) is 5.88 Å². The fourth-order valence-electron chi connectivity index (χ4n) is 2.77. The van der Waals surface area contributed by atoms with Crippen LogP contribution in [0.15, 0.2) is 42.6 Å². The van der Waals surface area contributed by atoms with E-state index in [-0.39, 0.29) is 11.4 Å². The van der Waals surface area contributed by atoms with Gasteiger partial charge in [-0.15, -0.1) is 10.2 Å². The maximum absolute atomic E-state index is 13.3. The lowest BCUT2D eigenvalue weighted by molar-refractivity contribution is -0.137. The van der Waals surface area contributed by atoms with Crippen LogP contribution in [-0.4, -0.2) is 19.7 Å². The summed E-state index contributed by atoms with van der Waals surface area (Å²) in [5.74, 6) is 0.766. The van der Waals surface area contributed by atoms with E-state index in [2.05, 4.69) is 15.2 Å². The van der Waals surface area contributed by atoms with Crippen LogP contribution in [0.4, 0.5) is 18.9 Å². The smallest absolute Gasteiger partial charge is 0.417 e. The molecule has 0 aliphatic heterocycles. The van der Waals surface area contributed by atoms with Crippen LogP contribution in [0.2, 0.25) is 0 Å². The predicted octanol–water partition coefficient (Wildman–Crippen LogP) is 3.79. The van der Waals surface area contributed by atoms with E-state index in [1.165, 1.54) is 29.0 Å². The molecule has 3 aromatic rings. The number of ether oxygens (including phenoxy) is 1. The highest BCUT2D eigenvalue weighted by molar-refractivity contribution is 5.61. The summed E-state index contributed by atoms with van der Waals surface area (Å²) in [7, 11) is 1.60. The van der Waals surface area contributed by atoms with Crippen molar-refractivity contribution in [3.05, 3.63) is 54.0 Å². The molecule has 2 aromatic heterocycles. The van der Waals surface area contributed by atoms with Crippen LogP contribution in [-0.2, 0) is 18.8 Å². The number of nitrogens with zero attached hydrogens (tertiary/aromatic N) is 4. The summed E-state index contributed by atoms with van der Waals surface area (Å²) in [6.45, 7) is 3.46. The summed E-state index contributed by atoms with van der Waals surface area (Å²) in [4.78, 5) is 4.08. The second-order valence-corrected chi connectivity index (χ2v) is 6.49. The standard InChI is InChI=1S/C18H18F3N5O/c1-17(2,27-14-9-8-11(22)10-23-14)16-25-24-15(26(16)3)12-6-4-5-7-13(12)18(19,20)21/h4-10H,22H2,1-3H3. The zero-order chi connectivity index (χ0) is 19.8. The molecule has 0 saturated carbocycles. The molecule has 9 heteroatoms. The van der Waals surface area contributed by atoms with Crippen LogP contribution in [0.25, 0.3) is 11.4 Å². The molecular weight excluding hydrogens is 359 g/mol. The number of nitrogen functional groups attached to an aromatic ring is 1. The molecule has 2 heterocycles. The topological polar surface area (TPSA) is 78.8 Å². The highest BCUT2D eigenvalue weighted by Crippen LogP contribution is 2.37. The molecule has 0 radical (unpaired) electrons. The van der Waals surface area contributed by atoms with Gasteiger partial charge in [-0.3, -0.25) is 0 Å². The third kappa shape index (κ3) is 3.71. The van der Waals surface area contributed by atoms with E-state index >= 15 is 0 Å². The van der Waals surface area contributed by atoms with E-state index < -0.39 is 17.3 Å². The van der Waals surface area contributed by atoms with Gasteiger partial charge in [-0.25, -0.2) is 4.98 Å². The Morgan fingerprint density at radius 3 is 2.37 bits per heavy atom. The molecule has 0 aliphatic carbocycles. The molecule has 1 aromatic carbocycles. The second-order valence-electron chi connectivity index (χ2n) is 6.49. The summed E-state index contributed by atoms with van der Waals surface area (Å²) in [5, 5.41) is 8.04. The Morgan fingerprint density at radius 1 is 1.04 bits per heavy atom. The number of halogens is 3. The molecule has 27 heavy (non-hydrogen) atoms. The lowest BCUT2D eigenvalue weighted by Gasteiger charge is -2.25. The van der Waals surface area contributed by atoms with Crippen molar-refractivity contribution in [2.24, 2.45) is 7.05 Å². The number of aromatic nitrogens is 4. The van der Waals surface area contributed by atoms with Gasteiger partial charge in [-0.05, 0) is 26.0 Å². The number of pyridine rings is 1. The molecule has 3 rings (SSSR count). The Hall–Kier alpha value is -3.10. The average molecular weight is 377 g/mol. The molecule has 0 amide bonds. The third-order valence-corrected chi connectivity index (χ3v) is 4.01. The maximum Gasteiger partial charge on any atom is 0.417 e. The first-order chi connectivity index (χ1) is 12.6. The van der Waals surface area contributed by atoms with Gasteiger partial charge in [0.05, 0.1) is 17.4 Å². The zero-order valence-corrected chi connectivity index (χ0v) is 14.9. The van der Waals surface area contributed by atoms with E-state index in [9.17, 15) is 13.2 Å². The van der Waals surface area contributed by atoms with Crippen molar-refractivity contribution in [2.45, 2.75) is 25.6 Å². The van der Waals surface area contributed by atoms with Crippen molar-refractivity contribution in [2.75, 3.05) is 5.73 Å². The molecule has 0 aliphatic rings. The zero-order valence-electron chi connectivity index (χ0n) is 14.9. The van der Waals surface area contributed by atoms with E-state index in [1.54, 1.807) is 33.0 Å². The number of nitrogens with two attached hydrogens (primary N) is 1. The first-order valence-electron chi connectivity index (χ1n) is 8.06. The molecule has 0 saturated heterocycles. The van der Waals surface area contributed by atoms with Crippen molar-refractivity contribution in [1.82, 2.24) is 19.7 Å². The second kappa shape index (κ2) is 6.57. The average Bonchev–Trinajstić information content (AvgIpc) is 2.98. The largest absolute Gasteiger partial charge is 0.463 e. The SMILES string of the molecule is Cn1c(-c2ccccc2C(F)(F)F)nnc1C(C)(C)Oc1ccc(N)cn1. The molecule has 0 spiro atoms. The van der Waals surface area contributed by atoms with Gasteiger partial charge in [0.15, 0.2) is 17.2 Å². The van der Waals surface area contributed by atoms with E-state index in [4.69, 9.17) is 10.5 Å². The summed E-state index contributed by atoms with van der Waals surface area (Å²) in [5.41, 5.74) is 4.29. The van der Waals surface area contributed by atoms with Crippen molar-refractivity contribution in [1.29, 1.82) is 0 Å². The van der Waals surface area contributed by atoms with Gasteiger partial charge in [0, 0.05) is 18.7 Å². The van der Waals surface area contributed by atoms with Crippen molar-refractivity contribution >= 4 is 5.69 Å². The minimum absolute atomic E-state index is 0.0485. The van der Waals surface area contributed by atoms with Crippen molar-refractivity contribution < 1.29 is 17.9 Å². The predicted molar refractivity (Wildman–Crippen MR) is 93.7 cm³/mol. The van der Waals surface area contributed by atoms with Crippen LogP contribution in [0, 0.1) is 0 Å². The number of hydrogen-bond donors (Lipinski definition) is 1. The summed E-state index contributed by atoms with van der Waals surface area (Å²) >= 11 is 0. The third-order valence-electron chi connectivity index (χ3n) is 4.01. The van der Waals surface area contributed by atoms with Gasteiger partial charge < -0.3 is 15.0 Å². The highest BCUT2D eigenvalue weighted by Gasteiger charge is 2.36. The fraction of sp³-hybridized carbons (Fsp3) is 0.278. The van der Waals surface area contributed by atoms with Gasteiger partial charge in [0.25, 0.3) is 0 Å². The first-order valence-corrected chi connectivity index (χ1v) is 8.06. The normalized spacial score (nSPS) is 12.2. The Kier molecular flexibility index (Phi) is 4.54. The van der Waals surface area contributed by atoms with Crippen molar-refractivity contribution in [3.8, 4) is 17.3 Å². The quantitative estimate of drug-likeness (QED) is 0.748. The molecule has 142 valence electrons. The van der Waals surface area contributed by atoms with Crippen LogP contribution < -0.4 is 10.5 Å². The highest BCUT2D eigenvalue weighted by atomic mass is 19.4. The first kappa shape index (κ1) is 18.7. The molecular formula is C18H18F3N5O. The number of benzene rings is 1. The Morgan fingerprint density at radius 2 is 1.74 bits per heavy atom. The van der Waals surface area contributed by atoms with E-state index in [0.717, 1.165) is 6.07 Å². The van der Waals surface area contributed by atoms with Gasteiger partial charge in [0.2, 0.25) is 5.88 Å². The molecule has 0 bridgehead atoms. The molecule has 0 atom stereocenters. The molecule has 0 unspecified atom stereocenters. The minimum Gasteiger partial charge on any atom is -0.463 e. The van der Waals surface area contributed by atoms with E-state index in [0.29, 0.717) is 17.4 Å². The van der Waals surface area contributed by atoms with Crippen LogP contribution in [0.1, 0.15) is 25.2 Å². The molecule has 2 N–H and O–H groups in total. The summed E-state index contributed by atoms with van der Waals surface area (Å²) in [6, 6.07) is 8.49. The van der Waals surface area contributed by atoms with Crippen LogP contribution in [0.3, 0.4) is 0 Å². The molecule has 6 nitrogen and oxygen atoms in total. The number of hydrogen-bond acceptors (Lipinski definition) is 5. The number of rotatable bonds is 4. The van der Waals surface area contributed by atoms with Gasteiger partial charge >= 0.3 is 6.18 Å². The Labute approximate surface area is 153 Å². The maximum atomic E-state index is 13.3. The van der Waals surface area contributed by atoms with Gasteiger partial charge in [0.1, 0.15) is 0 Å². The molecule has 0 fully saturated rings. The fourth-order valence-corrected chi connectivity index (χ4v) is 2.77. The minimum atomic E-state index is -4.50. The number of alkyl halides is 3.